The number of benzene rings is 1. The van der Waals surface area contributed by atoms with Gasteiger partial charge in [-0.3, -0.25) is 4.79 Å². The number of ether oxygens (including phenoxy) is 2. The standard InChI is InChI=1S/C20H26N2O3S/c1-15-4-8-18(9-5-15)25-13-19-21-17(14-26-19)12-22(10-3-11-24-2)20(23)16-6-7-16/h4-5,8-9,14,16H,3,6-7,10-13H2,1-2H3. The molecule has 1 aromatic heterocycles. The molecule has 0 N–H and O–H groups in total. The van der Waals surface area contributed by atoms with E-state index >= 15 is 0 Å². The van der Waals surface area contributed by atoms with E-state index in [9.17, 15) is 4.79 Å². The topological polar surface area (TPSA) is 51.7 Å². The van der Waals surface area contributed by atoms with E-state index in [2.05, 4.69) is 11.9 Å². The van der Waals surface area contributed by atoms with Crippen LogP contribution < -0.4 is 4.74 Å². The molecule has 1 amide bonds. The van der Waals surface area contributed by atoms with Gasteiger partial charge in [0.1, 0.15) is 17.4 Å². The quantitative estimate of drug-likeness (QED) is 0.594. The van der Waals surface area contributed by atoms with Crippen molar-refractivity contribution in [3.05, 3.63) is 45.9 Å². The average molecular weight is 375 g/mol. The lowest BCUT2D eigenvalue weighted by atomic mass is 10.2. The number of nitrogens with zero attached hydrogens (tertiary/aromatic N) is 2. The summed E-state index contributed by atoms with van der Waals surface area (Å²) in [5.41, 5.74) is 2.15. The SMILES string of the molecule is COCCCN(Cc1csc(COc2ccc(C)cc2)n1)C(=O)C1CC1. The molecule has 1 aliphatic carbocycles. The zero-order chi connectivity index (χ0) is 18.4. The van der Waals surface area contributed by atoms with Crippen LogP contribution in [0.4, 0.5) is 0 Å². The molecule has 0 bridgehead atoms. The van der Waals surface area contributed by atoms with Crippen molar-refractivity contribution in [3.63, 3.8) is 0 Å². The number of methoxy groups -OCH3 is 1. The molecule has 26 heavy (non-hydrogen) atoms. The van der Waals surface area contributed by atoms with E-state index in [0.29, 0.717) is 19.8 Å². The number of hydrogen-bond donors (Lipinski definition) is 0. The van der Waals surface area contributed by atoms with E-state index in [1.165, 1.54) is 5.56 Å². The number of aryl methyl sites for hydroxylation is 1. The molecule has 0 aliphatic heterocycles. The van der Waals surface area contributed by atoms with E-state index in [1.54, 1.807) is 18.4 Å². The molecule has 140 valence electrons. The van der Waals surface area contributed by atoms with Gasteiger partial charge in [0.2, 0.25) is 5.91 Å². The Bertz CT molecular complexity index is 710. The maximum absolute atomic E-state index is 12.5. The van der Waals surface area contributed by atoms with Gasteiger partial charge in [-0.05, 0) is 38.3 Å². The van der Waals surface area contributed by atoms with Crippen molar-refractivity contribution in [1.29, 1.82) is 0 Å². The van der Waals surface area contributed by atoms with Gasteiger partial charge in [-0.25, -0.2) is 4.98 Å². The summed E-state index contributed by atoms with van der Waals surface area (Å²) < 4.78 is 10.9. The molecular weight excluding hydrogens is 348 g/mol. The molecule has 1 aliphatic rings. The fourth-order valence-electron chi connectivity index (χ4n) is 2.72. The molecule has 1 fully saturated rings. The Balaban J connectivity index is 1.54. The normalized spacial score (nSPS) is 13.6. The Labute approximate surface area is 159 Å². The van der Waals surface area contributed by atoms with Crippen LogP contribution in [0.1, 0.15) is 35.5 Å². The summed E-state index contributed by atoms with van der Waals surface area (Å²) >= 11 is 1.58. The van der Waals surface area contributed by atoms with Gasteiger partial charge in [0.15, 0.2) is 0 Å². The summed E-state index contributed by atoms with van der Waals surface area (Å²) in [4.78, 5) is 19.1. The lowest BCUT2D eigenvalue weighted by molar-refractivity contribution is -0.133. The Hall–Kier alpha value is -1.92. The third-order valence-electron chi connectivity index (χ3n) is 4.35. The summed E-state index contributed by atoms with van der Waals surface area (Å²) in [6.45, 7) is 4.46. The largest absolute Gasteiger partial charge is 0.486 e. The maximum atomic E-state index is 12.5. The van der Waals surface area contributed by atoms with E-state index in [4.69, 9.17) is 9.47 Å². The molecule has 5 nitrogen and oxygen atoms in total. The van der Waals surface area contributed by atoms with Crippen LogP contribution in [0.25, 0.3) is 0 Å². The summed E-state index contributed by atoms with van der Waals surface area (Å²) in [6.07, 6.45) is 2.89. The van der Waals surface area contributed by atoms with Gasteiger partial charge in [0.25, 0.3) is 0 Å². The molecule has 0 spiro atoms. The van der Waals surface area contributed by atoms with E-state index in [-0.39, 0.29) is 11.8 Å². The van der Waals surface area contributed by atoms with Crippen molar-refractivity contribution in [3.8, 4) is 5.75 Å². The number of carbonyl (C=O) groups is 1. The lowest BCUT2D eigenvalue weighted by Gasteiger charge is -2.21. The molecule has 0 unspecified atom stereocenters. The highest BCUT2D eigenvalue weighted by atomic mass is 32.1. The van der Waals surface area contributed by atoms with Gasteiger partial charge < -0.3 is 14.4 Å². The molecule has 0 saturated heterocycles. The van der Waals surface area contributed by atoms with Crippen LogP contribution in [0.5, 0.6) is 5.75 Å². The van der Waals surface area contributed by atoms with Gasteiger partial charge in [-0.1, -0.05) is 17.7 Å². The van der Waals surface area contributed by atoms with Gasteiger partial charge >= 0.3 is 0 Å². The summed E-state index contributed by atoms with van der Waals surface area (Å²) in [6, 6.07) is 8.00. The van der Waals surface area contributed by atoms with Crippen molar-refractivity contribution in [2.75, 3.05) is 20.3 Å². The number of hydrogen-bond acceptors (Lipinski definition) is 5. The highest BCUT2D eigenvalue weighted by Gasteiger charge is 2.33. The first kappa shape index (κ1) is 18.9. The molecule has 0 radical (unpaired) electrons. The fraction of sp³-hybridized carbons (Fsp3) is 0.500. The van der Waals surface area contributed by atoms with Crippen molar-refractivity contribution >= 4 is 17.2 Å². The third kappa shape index (κ3) is 5.54. The van der Waals surface area contributed by atoms with Gasteiger partial charge in [-0.15, -0.1) is 11.3 Å². The summed E-state index contributed by atoms with van der Waals surface area (Å²) in [5.74, 6) is 1.32. The van der Waals surface area contributed by atoms with Crippen molar-refractivity contribution in [2.24, 2.45) is 5.92 Å². The van der Waals surface area contributed by atoms with Crippen LogP contribution >= 0.6 is 11.3 Å². The zero-order valence-electron chi connectivity index (χ0n) is 15.4. The minimum absolute atomic E-state index is 0.223. The number of thiazole rings is 1. The molecule has 2 aromatic rings. The third-order valence-corrected chi connectivity index (χ3v) is 5.22. The fourth-order valence-corrected chi connectivity index (χ4v) is 3.41. The minimum Gasteiger partial charge on any atom is -0.486 e. The second kappa shape index (κ2) is 9.14. The summed E-state index contributed by atoms with van der Waals surface area (Å²) in [5, 5.41) is 2.95. The van der Waals surface area contributed by atoms with Gasteiger partial charge in [0, 0.05) is 31.6 Å². The van der Waals surface area contributed by atoms with E-state index < -0.39 is 0 Å². The molecule has 1 heterocycles. The maximum Gasteiger partial charge on any atom is 0.226 e. The number of carbonyl (C=O) groups excluding carboxylic acids is 1. The van der Waals surface area contributed by atoms with Crippen LogP contribution in [-0.2, 0) is 22.7 Å². The van der Waals surface area contributed by atoms with Crippen molar-refractivity contribution < 1.29 is 14.3 Å². The molecule has 0 atom stereocenters. The Morgan fingerprint density at radius 1 is 1.31 bits per heavy atom. The monoisotopic (exact) mass is 374 g/mol. The smallest absolute Gasteiger partial charge is 0.226 e. The predicted molar refractivity (Wildman–Crippen MR) is 102 cm³/mol. The highest BCUT2D eigenvalue weighted by Crippen LogP contribution is 2.31. The predicted octanol–water partition coefficient (Wildman–Crippen LogP) is 3.81. The second-order valence-electron chi connectivity index (χ2n) is 6.71. The highest BCUT2D eigenvalue weighted by molar-refractivity contribution is 7.09. The number of amides is 1. The van der Waals surface area contributed by atoms with Crippen LogP contribution in [0.3, 0.4) is 0 Å². The molecule has 3 rings (SSSR count). The number of rotatable bonds is 10. The second-order valence-corrected chi connectivity index (χ2v) is 7.66. The van der Waals surface area contributed by atoms with Crippen molar-refractivity contribution in [2.45, 2.75) is 39.3 Å². The summed E-state index contributed by atoms with van der Waals surface area (Å²) in [7, 11) is 1.69. The first-order chi connectivity index (χ1) is 12.7. The lowest BCUT2D eigenvalue weighted by Crippen LogP contribution is -2.33. The van der Waals surface area contributed by atoms with Gasteiger partial charge in [0.05, 0.1) is 12.2 Å². The Morgan fingerprint density at radius 3 is 2.77 bits per heavy atom. The first-order valence-electron chi connectivity index (χ1n) is 9.06. The average Bonchev–Trinajstić information content (AvgIpc) is 3.40. The molecule has 1 saturated carbocycles. The zero-order valence-corrected chi connectivity index (χ0v) is 16.3. The molecular formula is C20H26N2O3S. The number of aromatic nitrogens is 1. The van der Waals surface area contributed by atoms with Crippen LogP contribution in [-0.4, -0.2) is 36.1 Å². The van der Waals surface area contributed by atoms with Gasteiger partial charge in [-0.2, -0.15) is 0 Å². The van der Waals surface area contributed by atoms with Crippen LogP contribution in [0.15, 0.2) is 29.6 Å². The van der Waals surface area contributed by atoms with Crippen molar-refractivity contribution in [1.82, 2.24) is 9.88 Å². The van der Waals surface area contributed by atoms with E-state index in [1.807, 2.05) is 34.5 Å². The first-order valence-corrected chi connectivity index (χ1v) is 9.94. The van der Waals surface area contributed by atoms with E-state index in [0.717, 1.165) is 42.3 Å². The Kier molecular flexibility index (Phi) is 6.63. The molecule has 1 aromatic carbocycles. The van der Waals surface area contributed by atoms with Crippen LogP contribution in [0, 0.1) is 12.8 Å². The minimum atomic E-state index is 0.223. The van der Waals surface area contributed by atoms with Crippen LogP contribution in [0.2, 0.25) is 0 Å². The molecule has 6 heteroatoms. The Morgan fingerprint density at radius 2 is 2.08 bits per heavy atom.